The van der Waals surface area contributed by atoms with Crippen LogP contribution in [-0.2, 0) is 12.8 Å². The summed E-state index contributed by atoms with van der Waals surface area (Å²) in [6.45, 7) is 2.32. The van der Waals surface area contributed by atoms with Crippen LogP contribution in [0.4, 0.5) is 0 Å². The van der Waals surface area contributed by atoms with Gasteiger partial charge in [-0.3, -0.25) is 0 Å². The number of hydrogen-bond donors (Lipinski definition) is 0. The van der Waals surface area contributed by atoms with Crippen LogP contribution in [0.1, 0.15) is 30.9 Å². The molecule has 1 aromatic rings. The van der Waals surface area contributed by atoms with Crippen molar-refractivity contribution >= 4 is 0 Å². The normalized spacial score (nSPS) is 28.6. The zero-order chi connectivity index (χ0) is 13.5. The molecule has 2 atom stereocenters. The molecule has 1 saturated carbocycles. The fourth-order valence-electron chi connectivity index (χ4n) is 4.00. The summed E-state index contributed by atoms with van der Waals surface area (Å²) in [4.78, 5) is 0. The molecule has 0 aromatic heterocycles. The first kappa shape index (κ1) is 12.2. The molecule has 0 amide bonds. The van der Waals surface area contributed by atoms with Crippen LogP contribution in [0.5, 0.6) is 0 Å². The second-order valence-electron chi connectivity index (χ2n) is 6.59. The van der Waals surface area contributed by atoms with Crippen molar-refractivity contribution in [1.82, 2.24) is 0 Å². The molecule has 0 nitrogen and oxygen atoms in total. The van der Waals surface area contributed by atoms with Crippen LogP contribution < -0.4 is 0 Å². The second-order valence-corrected chi connectivity index (χ2v) is 6.59. The van der Waals surface area contributed by atoms with Crippen molar-refractivity contribution in [2.24, 2.45) is 17.8 Å². The molecule has 0 spiro atoms. The molecule has 0 heterocycles. The Bertz CT molecular complexity index is 611. The van der Waals surface area contributed by atoms with Gasteiger partial charge in [-0.1, -0.05) is 59.7 Å². The minimum absolute atomic E-state index is 0.660. The minimum Gasteiger partial charge on any atom is -0.0802 e. The van der Waals surface area contributed by atoms with Gasteiger partial charge in [0.2, 0.25) is 0 Å². The van der Waals surface area contributed by atoms with Crippen LogP contribution in [0.2, 0.25) is 0 Å². The highest BCUT2D eigenvalue weighted by Gasteiger charge is 2.36. The Morgan fingerprint density at radius 3 is 2.65 bits per heavy atom. The molecule has 3 aliphatic carbocycles. The van der Waals surface area contributed by atoms with Gasteiger partial charge in [-0.15, -0.1) is 0 Å². The van der Waals surface area contributed by atoms with Crippen molar-refractivity contribution < 1.29 is 0 Å². The van der Waals surface area contributed by atoms with E-state index in [-0.39, 0.29) is 0 Å². The van der Waals surface area contributed by atoms with Crippen molar-refractivity contribution in [3.8, 4) is 0 Å². The second kappa shape index (κ2) is 4.77. The highest BCUT2D eigenvalue weighted by atomic mass is 14.4. The van der Waals surface area contributed by atoms with Crippen LogP contribution >= 0.6 is 0 Å². The van der Waals surface area contributed by atoms with Gasteiger partial charge in [0, 0.05) is 5.92 Å². The number of fused-ring (bicyclic) bond motifs is 2. The summed E-state index contributed by atoms with van der Waals surface area (Å²) >= 11 is 0. The first-order valence-corrected chi connectivity index (χ1v) is 7.94. The van der Waals surface area contributed by atoms with Crippen LogP contribution in [0, 0.1) is 17.8 Å². The SMILES string of the molecule is CC1=CC=CC2Cc3ccccc3CC=C(C3CC3)C12. The van der Waals surface area contributed by atoms with Crippen LogP contribution in [0.3, 0.4) is 0 Å². The Labute approximate surface area is 121 Å². The van der Waals surface area contributed by atoms with Crippen molar-refractivity contribution in [1.29, 1.82) is 0 Å². The molecule has 20 heavy (non-hydrogen) atoms. The lowest BCUT2D eigenvalue weighted by molar-refractivity contribution is 0.477. The summed E-state index contributed by atoms with van der Waals surface area (Å²) in [5.41, 5.74) is 6.38. The maximum atomic E-state index is 2.56. The van der Waals surface area contributed by atoms with Gasteiger partial charge < -0.3 is 0 Å². The number of hydrogen-bond acceptors (Lipinski definition) is 0. The first-order chi connectivity index (χ1) is 9.83. The van der Waals surface area contributed by atoms with Crippen LogP contribution in [0.25, 0.3) is 0 Å². The predicted molar refractivity (Wildman–Crippen MR) is 84.5 cm³/mol. The van der Waals surface area contributed by atoms with E-state index in [4.69, 9.17) is 0 Å². The van der Waals surface area contributed by atoms with Crippen molar-refractivity contribution in [3.05, 3.63) is 70.8 Å². The van der Waals surface area contributed by atoms with Gasteiger partial charge in [-0.25, -0.2) is 0 Å². The first-order valence-electron chi connectivity index (χ1n) is 7.94. The molecular formula is C20H22. The minimum atomic E-state index is 0.660. The van der Waals surface area contributed by atoms with E-state index < -0.39 is 0 Å². The third-order valence-electron chi connectivity index (χ3n) is 5.18. The third-order valence-corrected chi connectivity index (χ3v) is 5.18. The zero-order valence-electron chi connectivity index (χ0n) is 12.2. The number of rotatable bonds is 1. The summed E-state index contributed by atoms with van der Waals surface area (Å²) in [5.74, 6) is 2.21. The van der Waals surface area contributed by atoms with Gasteiger partial charge in [-0.05, 0) is 55.6 Å². The molecule has 0 bridgehead atoms. The molecule has 1 aromatic carbocycles. The highest BCUT2D eigenvalue weighted by molar-refractivity contribution is 5.39. The quantitative estimate of drug-likeness (QED) is 0.633. The largest absolute Gasteiger partial charge is 0.0802 e. The average Bonchev–Trinajstić information content (AvgIpc) is 3.25. The van der Waals surface area contributed by atoms with Gasteiger partial charge in [-0.2, -0.15) is 0 Å². The lowest BCUT2D eigenvalue weighted by Gasteiger charge is -2.33. The van der Waals surface area contributed by atoms with E-state index in [0.717, 1.165) is 12.3 Å². The topological polar surface area (TPSA) is 0 Å². The van der Waals surface area contributed by atoms with Gasteiger partial charge >= 0.3 is 0 Å². The van der Waals surface area contributed by atoms with Gasteiger partial charge in [0.1, 0.15) is 0 Å². The molecule has 0 radical (unpaired) electrons. The lowest BCUT2D eigenvalue weighted by Crippen LogP contribution is -2.24. The van der Waals surface area contributed by atoms with E-state index in [1.165, 1.54) is 24.8 Å². The standard InChI is InChI=1S/C20H22/c1-14-5-4-8-18-13-17-7-3-2-6-15(17)11-12-19(20(14)18)16-9-10-16/h2-8,12,16,18,20H,9-11,13H2,1H3. The summed E-state index contributed by atoms with van der Waals surface area (Å²) in [6, 6.07) is 9.01. The summed E-state index contributed by atoms with van der Waals surface area (Å²) in [7, 11) is 0. The Morgan fingerprint density at radius 2 is 1.85 bits per heavy atom. The Kier molecular flexibility index (Phi) is 2.91. The molecule has 2 unspecified atom stereocenters. The molecule has 0 aliphatic heterocycles. The highest BCUT2D eigenvalue weighted by Crippen LogP contribution is 2.47. The Hall–Kier alpha value is -1.56. The van der Waals surface area contributed by atoms with Crippen molar-refractivity contribution in [3.63, 3.8) is 0 Å². The molecule has 3 aliphatic rings. The van der Waals surface area contributed by atoms with E-state index in [9.17, 15) is 0 Å². The predicted octanol–water partition coefficient (Wildman–Crippen LogP) is 4.87. The van der Waals surface area contributed by atoms with Gasteiger partial charge in [0.15, 0.2) is 0 Å². The van der Waals surface area contributed by atoms with Crippen molar-refractivity contribution in [2.45, 2.75) is 32.6 Å². The maximum absolute atomic E-state index is 2.56. The number of benzene rings is 1. The molecular weight excluding hydrogens is 240 g/mol. The summed E-state index contributed by atoms with van der Waals surface area (Å²) < 4.78 is 0. The third kappa shape index (κ3) is 2.08. The lowest BCUT2D eigenvalue weighted by atomic mass is 9.71. The molecule has 0 saturated heterocycles. The van der Waals surface area contributed by atoms with Gasteiger partial charge in [0.25, 0.3) is 0 Å². The Morgan fingerprint density at radius 1 is 1.05 bits per heavy atom. The molecule has 0 heteroatoms. The molecule has 4 rings (SSSR count). The smallest absolute Gasteiger partial charge is 0.00763 e. The van der Waals surface area contributed by atoms with Crippen LogP contribution in [0.15, 0.2) is 59.7 Å². The van der Waals surface area contributed by atoms with E-state index in [0.29, 0.717) is 11.8 Å². The van der Waals surface area contributed by atoms with E-state index in [1.54, 1.807) is 16.7 Å². The van der Waals surface area contributed by atoms with Gasteiger partial charge in [0.05, 0.1) is 0 Å². The van der Waals surface area contributed by atoms with E-state index in [2.05, 4.69) is 55.5 Å². The summed E-state index contributed by atoms with van der Waals surface area (Å²) in [5, 5.41) is 0. The zero-order valence-corrected chi connectivity index (χ0v) is 12.2. The monoisotopic (exact) mass is 262 g/mol. The molecule has 0 N–H and O–H groups in total. The Balaban J connectivity index is 1.80. The molecule has 1 fully saturated rings. The average molecular weight is 262 g/mol. The van der Waals surface area contributed by atoms with Crippen molar-refractivity contribution in [2.75, 3.05) is 0 Å². The van der Waals surface area contributed by atoms with Crippen LogP contribution in [-0.4, -0.2) is 0 Å². The number of allylic oxidation sites excluding steroid dienone is 6. The maximum Gasteiger partial charge on any atom is 0.00763 e. The van der Waals surface area contributed by atoms with E-state index in [1.807, 2.05) is 0 Å². The fraction of sp³-hybridized carbons (Fsp3) is 0.400. The summed E-state index contributed by atoms with van der Waals surface area (Å²) in [6.07, 6.45) is 14.7. The molecule has 102 valence electrons. The fourth-order valence-corrected chi connectivity index (χ4v) is 4.00. The van der Waals surface area contributed by atoms with E-state index >= 15 is 0 Å².